The first-order valence-electron chi connectivity index (χ1n) is 7.04. The quantitative estimate of drug-likeness (QED) is 0.899. The van der Waals surface area contributed by atoms with Gasteiger partial charge in [0.15, 0.2) is 0 Å². The highest BCUT2D eigenvalue weighted by atomic mass is 16.5. The lowest BCUT2D eigenvalue weighted by Crippen LogP contribution is -2.44. The van der Waals surface area contributed by atoms with Crippen LogP contribution in [0.5, 0.6) is 0 Å². The molecule has 1 aromatic heterocycles. The van der Waals surface area contributed by atoms with Gasteiger partial charge in [0.2, 0.25) is 0 Å². The third-order valence-corrected chi connectivity index (χ3v) is 3.95. The summed E-state index contributed by atoms with van der Waals surface area (Å²) in [6.45, 7) is 6.28. The van der Waals surface area contributed by atoms with Crippen molar-refractivity contribution in [2.75, 3.05) is 30.8 Å². The molecule has 2 atom stereocenters. The number of ether oxygens (including phenoxy) is 1. The van der Waals surface area contributed by atoms with Gasteiger partial charge in [-0.15, -0.1) is 0 Å². The molecule has 0 radical (unpaired) electrons. The lowest BCUT2D eigenvalue weighted by atomic mass is 9.95. The summed E-state index contributed by atoms with van der Waals surface area (Å²) >= 11 is 0. The Labute approximate surface area is 115 Å². The topological polar surface area (TPSA) is 64.3 Å². The number of aromatic nitrogens is 2. The van der Waals surface area contributed by atoms with Crippen LogP contribution in [0.4, 0.5) is 11.6 Å². The van der Waals surface area contributed by atoms with Crippen LogP contribution in [0.2, 0.25) is 0 Å². The molecule has 1 aliphatic rings. The number of nitrogen functional groups attached to an aromatic ring is 1. The van der Waals surface area contributed by atoms with Gasteiger partial charge in [-0.2, -0.15) is 0 Å². The summed E-state index contributed by atoms with van der Waals surface area (Å²) < 4.78 is 5.57. The second kappa shape index (κ2) is 6.19. The molecule has 106 valence electrons. The standard InChI is InChI=1S/C14H24N4O/c1-4-5-11-13(15)16-9-17-14(11)18-7-6-10(2)12(8-18)19-3/h9-10,12H,4-8H2,1-3H3,(H2,15,16,17). The molecule has 2 unspecified atom stereocenters. The Kier molecular flexibility index (Phi) is 4.58. The van der Waals surface area contributed by atoms with Crippen molar-refractivity contribution >= 4 is 11.6 Å². The smallest absolute Gasteiger partial charge is 0.137 e. The molecule has 1 saturated heterocycles. The fourth-order valence-electron chi connectivity index (χ4n) is 2.71. The van der Waals surface area contributed by atoms with Gasteiger partial charge in [-0.3, -0.25) is 0 Å². The van der Waals surface area contributed by atoms with Gasteiger partial charge in [0, 0.05) is 25.8 Å². The Bertz CT molecular complexity index is 424. The molecule has 5 heteroatoms. The molecule has 0 saturated carbocycles. The molecule has 19 heavy (non-hydrogen) atoms. The van der Waals surface area contributed by atoms with E-state index in [2.05, 4.69) is 28.7 Å². The van der Waals surface area contributed by atoms with Crippen LogP contribution < -0.4 is 10.6 Å². The molecule has 0 amide bonds. The number of methoxy groups -OCH3 is 1. The molecule has 5 nitrogen and oxygen atoms in total. The molecule has 0 spiro atoms. The van der Waals surface area contributed by atoms with Gasteiger partial charge >= 0.3 is 0 Å². The lowest BCUT2D eigenvalue weighted by Gasteiger charge is -2.37. The zero-order valence-electron chi connectivity index (χ0n) is 12.1. The molecule has 0 aliphatic carbocycles. The molecular formula is C14H24N4O. The largest absolute Gasteiger partial charge is 0.383 e. The SMILES string of the molecule is CCCc1c(N)ncnc1N1CCC(C)C(OC)C1. The molecular weight excluding hydrogens is 240 g/mol. The van der Waals surface area contributed by atoms with E-state index in [0.29, 0.717) is 11.7 Å². The van der Waals surface area contributed by atoms with Gasteiger partial charge in [0.1, 0.15) is 18.0 Å². The van der Waals surface area contributed by atoms with Crippen molar-refractivity contribution < 1.29 is 4.74 Å². The van der Waals surface area contributed by atoms with Crippen molar-refractivity contribution in [2.24, 2.45) is 5.92 Å². The highest BCUT2D eigenvalue weighted by Gasteiger charge is 2.28. The van der Waals surface area contributed by atoms with Crippen molar-refractivity contribution in [1.29, 1.82) is 0 Å². The van der Waals surface area contributed by atoms with Crippen LogP contribution in [0.3, 0.4) is 0 Å². The summed E-state index contributed by atoms with van der Waals surface area (Å²) in [7, 11) is 1.78. The Morgan fingerprint density at radius 1 is 1.47 bits per heavy atom. The van der Waals surface area contributed by atoms with E-state index in [-0.39, 0.29) is 6.10 Å². The van der Waals surface area contributed by atoms with Crippen LogP contribution in [0.1, 0.15) is 32.3 Å². The average molecular weight is 264 g/mol. The number of nitrogens with zero attached hydrogens (tertiary/aromatic N) is 3. The normalized spacial score (nSPS) is 23.6. The number of hydrogen-bond acceptors (Lipinski definition) is 5. The maximum absolute atomic E-state index is 6.00. The van der Waals surface area contributed by atoms with Gasteiger partial charge in [-0.25, -0.2) is 9.97 Å². The van der Waals surface area contributed by atoms with E-state index in [4.69, 9.17) is 10.5 Å². The van der Waals surface area contributed by atoms with E-state index < -0.39 is 0 Å². The highest BCUT2D eigenvalue weighted by Crippen LogP contribution is 2.28. The van der Waals surface area contributed by atoms with E-state index in [1.807, 2.05) is 0 Å². The summed E-state index contributed by atoms with van der Waals surface area (Å²) in [5.41, 5.74) is 7.08. The summed E-state index contributed by atoms with van der Waals surface area (Å²) in [4.78, 5) is 10.9. The van der Waals surface area contributed by atoms with E-state index in [1.54, 1.807) is 13.4 Å². The third kappa shape index (κ3) is 2.97. The summed E-state index contributed by atoms with van der Waals surface area (Å²) in [5, 5.41) is 0. The lowest BCUT2D eigenvalue weighted by molar-refractivity contribution is 0.0496. The number of anilines is 2. The Morgan fingerprint density at radius 3 is 2.95 bits per heavy atom. The number of rotatable bonds is 4. The summed E-state index contributed by atoms with van der Waals surface area (Å²) in [6, 6.07) is 0. The first kappa shape index (κ1) is 14.1. The maximum Gasteiger partial charge on any atom is 0.137 e. The van der Waals surface area contributed by atoms with E-state index in [0.717, 1.165) is 43.7 Å². The van der Waals surface area contributed by atoms with E-state index in [9.17, 15) is 0 Å². The number of hydrogen-bond donors (Lipinski definition) is 1. The van der Waals surface area contributed by atoms with E-state index >= 15 is 0 Å². The summed E-state index contributed by atoms with van der Waals surface area (Å²) in [6.07, 6.45) is 4.91. The second-order valence-electron chi connectivity index (χ2n) is 5.30. The van der Waals surface area contributed by atoms with Crippen molar-refractivity contribution in [3.8, 4) is 0 Å². The van der Waals surface area contributed by atoms with E-state index in [1.165, 1.54) is 0 Å². The Hall–Kier alpha value is -1.36. The van der Waals surface area contributed by atoms with Crippen molar-refractivity contribution in [3.05, 3.63) is 11.9 Å². The van der Waals surface area contributed by atoms with Crippen LogP contribution >= 0.6 is 0 Å². The zero-order chi connectivity index (χ0) is 13.8. The number of nitrogens with two attached hydrogens (primary N) is 1. The molecule has 0 aromatic carbocycles. The van der Waals surface area contributed by atoms with Gasteiger partial charge in [-0.05, 0) is 18.8 Å². The predicted octanol–water partition coefficient (Wildman–Crippen LogP) is 1.87. The number of piperidine rings is 1. The van der Waals surface area contributed by atoms with Crippen LogP contribution in [-0.2, 0) is 11.2 Å². The zero-order valence-corrected chi connectivity index (χ0v) is 12.1. The molecule has 1 aromatic rings. The third-order valence-electron chi connectivity index (χ3n) is 3.95. The van der Waals surface area contributed by atoms with Crippen molar-refractivity contribution in [1.82, 2.24) is 9.97 Å². The fraction of sp³-hybridized carbons (Fsp3) is 0.714. The molecule has 2 N–H and O–H groups in total. The van der Waals surface area contributed by atoms with Crippen molar-refractivity contribution in [2.45, 2.75) is 39.2 Å². The van der Waals surface area contributed by atoms with Crippen LogP contribution in [0, 0.1) is 5.92 Å². The molecule has 0 bridgehead atoms. The molecule has 2 heterocycles. The average Bonchev–Trinajstić information content (AvgIpc) is 2.42. The minimum atomic E-state index is 0.263. The first-order valence-corrected chi connectivity index (χ1v) is 7.04. The van der Waals surface area contributed by atoms with Crippen molar-refractivity contribution in [3.63, 3.8) is 0 Å². The molecule has 1 fully saturated rings. The van der Waals surface area contributed by atoms with Crippen LogP contribution in [0.15, 0.2) is 6.33 Å². The van der Waals surface area contributed by atoms with Gasteiger partial charge < -0.3 is 15.4 Å². The molecule has 1 aliphatic heterocycles. The van der Waals surface area contributed by atoms with Crippen LogP contribution in [-0.4, -0.2) is 36.3 Å². The highest BCUT2D eigenvalue weighted by molar-refractivity contribution is 5.57. The first-order chi connectivity index (χ1) is 9.17. The molecule has 2 rings (SSSR count). The fourth-order valence-corrected chi connectivity index (χ4v) is 2.71. The van der Waals surface area contributed by atoms with Gasteiger partial charge in [0.25, 0.3) is 0 Å². The van der Waals surface area contributed by atoms with Gasteiger partial charge in [0.05, 0.1) is 6.10 Å². The Balaban J connectivity index is 2.24. The second-order valence-corrected chi connectivity index (χ2v) is 5.30. The van der Waals surface area contributed by atoms with Crippen LogP contribution in [0.25, 0.3) is 0 Å². The summed E-state index contributed by atoms with van der Waals surface area (Å²) in [5.74, 6) is 2.19. The minimum Gasteiger partial charge on any atom is -0.383 e. The maximum atomic E-state index is 6.00. The van der Waals surface area contributed by atoms with Gasteiger partial charge in [-0.1, -0.05) is 20.3 Å². The Morgan fingerprint density at radius 2 is 2.26 bits per heavy atom. The predicted molar refractivity (Wildman–Crippen MR) is 77.2 cm³/mol. The minimum absolute atomic E-state index is 0.263. The monoisotopic (exact) mass is 264 g/mol.